The van der Waals surface area contributed by atoms with Crippen LogP contribution < -0.4 is 5.73 Å². The van der Waals surface area contributed by atoms with Crippen LogP contribution in [0.2, 0.25) is 0 Å². The molecule has 5 aromatic rings. The van der Waals surface area contributed by atoms with E-state index < -0.39 is 0 Å². The van der Waals surface area contributed by atoms with Crippen LogP contribution in [0.25, 0.3) is 33.5 Å². The molecular weight excluding hydrogens is 434 g/mol. The van der Waals surface area contributed by atoms with E-state index in [-0.39, 0.29) is 11.9 Å². The van der Waals surface area contributed by atoms with Crippen molar-refractivity contribution in [2.75, 3.05) is 13.1 Å². The molecule has 0 radical (unpaired) electrons. The van der Waals surface area contributed by atoms with E-state index in [2.05, 4.69) is 63.7 Å². The number of carbonyl (C=O) groups excluding carboxylic acids is 1. The molecule has 6 nitrogen and oxygen atoms in total. The van der Waals surface area contributed by atoms with Gasteiger partial charge in [0.05, 0.1) is 16.7 Å². The largest absolute Gasteiger partial charge is 0.337 e. The van der Waals surface area contributed by atoms with Crippen LogP contribution >= 0.6 is 0 Å². The maximum absolute atomic E-state index is 13.2. The van der Waals surface area contributed by atoms with Crippen LogP contribution in [0.1, 0.15) is 28.8 Å². The molecule has 1 aliphatic heterocycles. The molecule has 176 valence electrons. The Morgan fingerprint density at radius 2 is 1.80 bits per heavy atom. The molecule has 1 atom stereocenters. The molecule has 35 heavy (non-hydrogen) atoms. The van der Waals surface area contributed by atoms with Crippen molar-refractivity contribution < 1.29 is 4.79 Å². The third kappa shape index (κ3) is 3.90. The van der Waals surface area contributed by atoms with Crippen LogP contribution in [0.4, 0.5) is 0 Å². The fraction of sp³-hybridized carbons (Fsp3) is 0.241. The van der Waals surface area contributed by atoms with E-state index in [4.69, 9.17) is 10.7 Å². The summed E-state index contributed by atoms with van der Waals surface area (Å²) in [4.78, 5) is 20.1. The highest BCUT2D eigenvalue weighted by atomic mass is 16.2. The van der Waals surface area contributed by atoms with Crippen LogP contribution in [0.3, 0.4) is 0 Å². The number of likely N-dealkylation sites (tertiary alicyclic amines) is 1. The Balaban J connectivity index is 1.43. The van der Waals surface area contributed by atoms with E-state index in [1.165, 1.54) is 16.5 Å². The number of aromatic nitrogens is 3. The highest BCUT2D eigenvalue weighted by Gasteiger charge is 2.23. The topological polar surface area (TPSA) is 69.1 Å². The lowest BCUT2D eigenvalue weighted by Gasteiger charge is -2.30. The summed E-state index contributed by atoms with van der Waals surface area (Å²) < 4.78 is 4.45. The van der Waals surface area contributed by atoms with E-state index in [1.54, 1.807) is 0 Å². The molecule has 6 rings (SSSR count). The van der Waals surface area contributed by atoms with Gasteiger partial charge in [0.2, 0.25) is 0 Å². The lowest BCUT2D eigenvalue weighted by molar-refractivity contribution is 0.0709. The first-order valence-corrected chi connectivity index (χ1v) is 12.2. The maximum Gasteiger partial charge on any atom is 0.253 e. The summed E-state index contributed by atoms with van der Waals surface area (Å²) in [5, 5.41) is 1.18. The maximum atomic E-state index is 13.2. The fourth-order valence-electron chi connectivity index (χ4n) is 5.27. The SMILES string of the molecule is Cn1c(-c2cc3ccccc3n2Cc2ccccc2)nc2cc(C(=O)N3CCC[C@@H](N)C3)ccc21. The number of carbonyl (C=O) groups is 1. The van der Waals surface area contributed by atoms with Crippen molar-refractivity contribution in [3.05, 3.63) is 90.0 Å². The van der Waals surface area contributed by atoms with Crippen molar-refractivity contribution in [2.24, 2.45) is 12.8 Å². The smallest absolute Gasteiger partial charge is 0.253 e. The Bertz CT molecular complexity index is 1530. The van der Waals surface area contributed by atoms with Crippen molar-refractivity contribution in [3.8, 4) is 11.5 Å². The second-order valence-corrected chi connectivity index (χ2v) is 9.51. The number of amides is 1. The van der Waals surface area contributed by atoms with Crippen molar-refractivity contribution in [1.82, 2.24) is 19.0 Å². The molecule has 0 spiro atoms. The standard InChI is InChI=1S/C29H29N5O/c1-32-26-14-13-22(29(35)33-15-7-11-23(30)19-33)16-24(26)31-28(32)27-17-21-10-5-6-12-25(21)34(27)18-20-8-3-2-4-9-20/h2-6,8-10,12-14,16-17,23H,7,11,15,18-19,30H2,1H3/t23-/m1/s1. The van der Waals surface area contributed by atoms with Gasteiger partial charge in [-0.05, 0) is 48.7 Å². The minimum atomic E-state index is 0.0347. The van der Waals surface area contributed by atoms with E-state index in [9.17, 15) is 4.79 Å². The van der Waals surface area contributed by atoms with Gasteiger partial charge in [-0.25, -0.2) is 4.98 Å². The van der Waals surface area contributed by atoms with Crippen LogP contribution in [-0.2, 0) is 13.6 Å². The molecule has 1 aliphatic rings. The second-order valence-electron chi connectivity index (χ2n) is 9.51. The van der Waals surface area contributed by atoms with Crippen molar-refractivity contribution in [2.45, 2.75) is 25.4 Å². The number of para-hydroxylation sites is 1. The first-order valence-electron chi connectivity index (χ1n) is 12.2. The molecule has 3 heterocycles. The number of rotatable bonds is 4. The summed E-state index contributed by atoms with van der Waals surface area (Å²) in [6.07, 6.45) is 1.93. The molecule has 2 N–H and O–H groups in total. The first kappa shape index (κ1) is 21.6. The van der Waals surface area contributed by atoms with E-state index in [0.717, 1.165) is 48.5 Å². The minimum Gasteiger partial charge on any atom is -0.337 e. The zero-order chi connectivity index (χ0) is 23.9. The summed E-state index contributed by atoms with van der Waals surface area (Å²) in [6.45, 7) is 2.13. The van der Waals surface area contributed by atoms with Gasteiger partial charge in [0, 0.05) is 49.2 Å². The average molecular weight is 464 g/mol. The van der Waals surface area contributed by atoms with Gasteiger partial charge >= 0.3 is 0 Å². The number of piperidine rings is 1. The fourth-order valence-corrected chi connectivity index (χ4v) is 5.27. The number of aryl methyl sites for hydroxylation is 1. The lowest BCUT2D eigenvalue weighted by atomic mass is 10.1. The molecule has 1 amide bonds. The third-order valence-electron chi connectivity index (χ3n) is 7.10. The number of hydrogen-bond acceptors (Lipinski definition) is 3. The average Bonchev–Trinajstić information content (AvgIpc) is 3.41. The Morgan fingerprint density at radius 1 is 1.00 bits per heavy atom. The summed E-state index contributed by atoms with van der Waals surface area (Å²) in [5.41, 5.74) is 12.1. The molecule has 0 bridgehead atoms. The molecule has 1 saturated heterocycles. The van der Waals surface area contributed by atoms with Crippen LogP contribution in [-0.4, -0.2) is 44.1 Å². The Labute approximate surface area is 204 Å². The van der Waals surface area contributed by atoms with E-state index in [0.29, 0.717) is 12.1 Å². The number of imidazole rings is 1. The summed E-state index contributed by atoms with van der Waals surface area (Å²) in [7, 11) is 2.04. The number of hydrogen-bond donors (Lipinski definition) is 1. The Morgan fingerprint density at radius 3 is 2.63 bits per heavy atom. The molecule has 0 unspecified atom stereocenters. The van der Waals surface area contributed by atoms with Gasteiger partial charge in [-0.15, -0.1) is 0 Å². The zero-order valence-corrected chi connectivity index (χ0v) is 19.9. The van der Waals surface area contributed by atoms with Gasteiger partial charge < -0.3 is 19.8 Å². The molecule has 0 saturated carbocycles. The monoisotopic (exact) mass is 463 g/mol. The minimum absolute atomic E-state index is 0.0347. The predicted molar refractivity (Wildman–Crippen MR) is 140 cm³/mol. The quantitative estimate of drug-likeness (QED) is 0.416. The van der Waals surface area contributed by atoms with Crippen LogP contribution in [0.15, 0.2) is 78.9 Å². The number of nitrogens with zero attached hydrogens (tertiary/aromatic N) is 4. The molecular formula is C29H29N5O. The molecule has 2 aromatic heterocycles. The van der Waals surface area contributed by atoms with Gasteiger partial charge in [0.25, 0.3) is 5.91 Å². The van der Waals surface area contributed by atoms with Gasteiger partial charge in [0.1, 0.15) is 0 Å². The van der Waals surface area contributed by atoms with E-state index in [1.807, 2.05) is 36.2 Å². The van der Waals surface area contributed by atoms with Gasteiger partial charge in [-0.1, -0.05) is 48.5 Å². The second kappa shape index (κ2) is 8.71. The van der Waals surface area contributed by atoms with E-state index >= 15 is 0 Å². The number of fused-ring (bicyclic) bond motifs is 2. The zero-order valence-electron chi connectivity index (χ0n) is 19.9. The summed E-state index contributed by atoms with van der Waals surface area (Å²) in [5.74, 6) is 0.921. The lowest BCUT2D eigenvalue weighted by Crippen LogP contribution is -2.45. The normalized spacial score (nSPS) is 16.3. The summed E-state index contributed by atoms with van der Waals surface area (Å²) in [6, 6.07) is 27.0. The predicted octanol–water partition coefficient (Wildman–Crippen LogP) is 4.81. The molecule has 6 heteroatoms. The van der Waals surface area contributed by atoms with Crippen molar-refractivity contribution >= 4 is 27.8 Å². The van der Waals surface area contributed by atoms with Crippen LogP contribution in [0.5, 0.6) is 0 Å². The first-order chi connectivity index (χ1) is 17.1. The third-order valence-corrected chi connectivity index (χ3v) is 7.10. The Kier molecular flexibility index (Phi) is 5.38. The molecule has 1 fully saturated rings. The van der Waals surface area contributed by atoms with Gasteiger partial charge in [-0.3, -0.25) is 4.79 Å². The van der Waals surface area contributed by atoms with Gasteiger partial charge in [-0.2, -0.15) is 0 Å². The summed E-state index contributed by atoms with van der Waals surface area (Å²) >= 11 is 0. The molecule has 0 aliphatic carbocycles. The van der Waals surface area contributed by atoms with Crippen molar-refractivity contribution in [3.63, 3.8) is 0 Å². The van der Waals surface area contributed by atoms with Crippen molar-refractivity contribution in [1.29, 1.82) is 0 Å². The number of nitrogens with two attached hydrogens (primary N) is 1. The Hall–Kier alpha value is -3.90. The highest BCUT2D eigenvalue weighted by molar-refractivity contribution is 5.98. The number of benzene rings is 3. The highest BCUT2D eigenvalue weighted by Crippen LogP contribution is 2.31. The van der Waals surface area contributed by atoms with Crippen LogP contribution in [0, 0.1) is 0 Å². The molecule has 3 aromatic carbocycles. The van der Waals surface area contributed by atoms with Gasteiger partial charge in [0.15, 0.2) is 5.82 Å².